The fraction of sp³-hybridized carbons (Fsp3) is 0.652. The third-order valence-electron chi connectivity index (χ3n) is 6.51. The monoisotopic (exact) mass is 399 g/mol. The standard InChI is InChI=1S/C23H33N3O3/c27-22(25-14-4-5-15-25)18-10-12-21(13-11-18)29-17-20-9-6-16-26(20)23(28)24-19-7-2-1-3-8-19/h10-13,19-20H,1-9,14-17H2,(H,24,28). The summed E-state index contributed by atoms with van der Waals surface area (Å²) >= 11 is 0. The lowest BCUT2D eigenvalue weighted by atomic mass is 9.96. The molecule has 2 saturated heterocycles. The summed E-state index contributed by atoms with van der Waals surface area (Å²) in [5.41, 5.74) is 0.716. The van der Waals surface area contributed by atoms with Gasteiger partial charge >= 0.3 is 6.03 Å². The summed E-state index contributed by atoms with van der Waals surface area (Å²) in [6.07, 6.45) is 10.1. The first-order valence-corrected chi connectivity index (χ1v) is 11.3. The van der Waals surface area contributed by atoms with Crippen molar-refractivity contribution in [2.45, 2.75) is 69.9 Å². The Labute approximate surface area is 173 Å². The third-order valence-corrected chi connectivity index (χ3v) is 6.51. The van der Waals surface area contributed by atoms with Crippen LogP contribution in [0.15, 0.2) is 24.3 Å². The van der Waals surface area contributed by atoms with Crippen molar-refractivity contribution in [2.24, 2.45) is 0 Å². The Kier molecular flexibility index (Phi) is 6.57. The van der Waals surface area contributed by atoms with Gasteiger partial charge in [0.05, 0.1) is 6.04 Å². The molecule has 29 heavy (non-hydrogen) atoms. The molecule has 3 amide bonds. The number of benzene rings is 1. The molecular weight excluding hydrogens is 366 g/mol. The van der Waals surface area contributed by atoms with Crippen molar-refractivity contribution in [3.8, 4) is 5.75 Å². The van der Waals surface area contributed by atoms with E-state index in [1.807, 2.05) is 34.1 Å². The molecule has 1 aromatic carbocycles. The molecule has 3 aliphatic rings. The molecule has 1 saturated carbocycles. The van der Waals surface area contributed by atoms with E-state index < -0.39 is 0 Å². The minimum absolute atomic E-state index is 0.0644. The van der Waals surface area contributed by atoms with Gasteiger partial charge in [-0.25, -0.2) is 4.79 Å². The highest BCUT2D eigenvalue weighted by atomic mass is 16.5. The first-order chi connectivity index (χ1) is 14.2. The molecule has 2 aliphatic heterocycles. The average molecular weight is 400 g/mol. The second kappa shape index (κ2) is 9.51. The Balaban J connectivity index is 1.27. The van der Waals surface area contributed by atoms with Gasteiger partial charge in [0.25, 0.3) is 5.91 Å². The fourth-order valence-electron chi connectivity index (χ4n) is 4.77. The van der Waals surface area contributed by atoms with Crippen LogP contribution in [-0.2, 0) is 0 Å². The van der Waals surface area contributed by atoms with Crippen molar-refractivity contribution in [3.63, 3.8) is 0 Å². The highest BCUT2D eigenvalue weighted by molar-refractivity contribution is 5.94. The van der Waals surface area contributed by atoms with E-state index in [0.717, 1.165) is 63.9 Å². The van der Waals surface area contributed by atoms with Crippen molar-refractivity contribution in [1.29, 1.82) is 0 Å². The summed E-state index contributed by atoms with van der Waals surface area (Å²) in [6, 6.07) is 7.93. The number of carbonyl (C=O) groups excluding carboxylic acids is 2. The second-order valence-electron chi connectivity index (χ2n) is 8.61. The molecule has 1 aromatic rings. The van der Waals surface area contributed by atoms with E-state index in [2.05, 4.69) is 5.32 Å². The summed E-state index contributed by atoms with van der Waals surface area (Å²) in [7, 11) is 0. The van der Waals surface area contributed by atoms with E-state index in [-0.39, 0.29) is 18.0 Å². The summed E-state index contributed by atoms with van der Waals surface area (Å²) in [5, 5.41) is 3.22. The van der Waals surface area contributed by atoms with Gasteiger partial charge in [-0.1, -0.05) is 19.3 Å². The number of nitrogens with zero attached hydrogens (tertiary/aromatic N) is 2. The molecule has 0 aromatic heterocycles. The van der Waals surface area contributed by atoms with Crippen LogP contribution in [0.1, 0.15) is 68.1 Å². The van der Waals surface area contributed by atoms with E-state index in [1.165, 1.54) is 19.3 Å². The van der Waals surface area contributed by atoms with Gasteiger partial charge in [0.15, 0.2) is 0 Å². The quantitative estimate of drug-likeness (QED) is 0.819. The Morgan fingerprint density at radius 1 is 0.897 bits per heavy atom. The lowest BCUT2D eigenvalue weighted by Gasteiger charge is -2.29. The molecule has 3 fully saturated rings. The minimum Gasteiger partial charge on any atom is -0.491 e. The zero-order chi connectivity index (χ0) is 20.1. The maximum Gasteiger partial charge on any atom is 0.317 e. The van der Waals surface area contributed by atoms with Crippen molar-refractivity contribution in [3.05, 3.63) is 29.8 Å². The molecule has 1 N–H and O–H groups in total. The molecule has 0 bridgehead atoms. The van der Waals surface area contributed by atoms with Crippen LogP contribution in [0.2, 0.25) is 0 Å². The van der Waals surface area contributed by atoms with Gasteiger partial charge in [0, 0.05) is 31.2 Å². The molecule has 6 nitrogen and oxygen atoms in total. The van der Waals surface area contributed by atoms with Crippen molar-refractivity contribution < 1.29 is 14.3 Å². The van der Waals surface area contributed by atoms with E-state index >= 15 is 0 Å². The van der Waals surface area contributed by atoms with E-state index in [0.29, 0.717) is 18.2 Å². The largest absolute Gasteiger partial charge is 0.491 e. The van der Waals surface area contributed by atoms with Crippen molar-refractivity contribution in [2.75, 3.05) is 26.2 Å². The van der Waals surface area contributed by atoms with Crippen LogP contribution >= 0.6 is 0 Å². The Morgan fingerprint density at radius 2 is 1.62 bits per heavy atom. The summed E-state index contributed by atoms with van der Waals surface area (Å²) in [5.74, 6) is 0.859. The van der Waals surface area contributed by atoms with Gasteiger partial charge in [0.2, 0.25) is 0 Å². The van der Waals surface area contributed by atoms with E-state index in [9.17, 15) is 9.59 Å². The molecule has 0 spiro atoms. The number of rotatable bonds is 5. The van der Waals surface area contributed by atoms with Gasteiger partial charge in [-0.2, -0.15) is 0 Å². The first-order valence-electron chi connectivity index (χ1n) is 11.3. The summed E-state index contributed by atoms with van der Waals surface area (Å²) in [4.78, 5) is 29.0. The maximum atomic E-state index is 12.7. The van der Waals surface area contributed by atoms with Crippen LogP contribution in [0.4, 0.5) is 4.79 Å². The smallest absolute Gasteiger partial charge is 0.317 e. The molecular formula is C23H33N3O3. The molecule has 1 unspecified atom stereocenters. The lowest BCUT2D eigenvalue weighted by molar-refractivity contribution is 0.0792. The molecule has 1 aliphatic carbocycles. The number of hydrogen-bond donors (Lipinski definition) is 1. The number of urea groups is 1. The van der Waals surface area contributed by atoms with Crippen molar-refractivity contribution >= 4 is 11.9 Å². The van der Waals surface area contributed by atoms with Crippen LogP contribution in [0, 0.1) is 0 Å². The minimum atomic E-state index is 0.0644. The molecule has 2 heterocycles. The zero-order valence-electron chi connectivity index (χ0n) is 17.3. The molecule has 0 radical (unpaired) electrons. The Bertz CT molecular complexity index is 694. The van der Waals surface area contributed by atoms with Crippen molar-refractivity contribution in [1.82, 2.24) is 15.1 Å². The highest BCUT2D eigenvalue weighted by Crippen LogP contribution is 2.22. The van der Waals surface area contributed by atoms with Gasteiger partial charge in [-0.05, 0) is 62.8 Å². The van der Waals surface area contributed by atoms with E-state index in [1.54, 1.807) is 0 Å². The topological polar surface area (TPSA) is 61.9 Å². The van der Waals surface area contributed by atoms with Gasteiger partial charge < -0.3 is 19.9 Å². The van der Waals surface area contributed by atoms with Crippen LogP contribution in [0.5, 0.6) is 5.75 Å². The third kappa shape index (κ3) is 5.03. The number of nitrogens with one attached hydrogen (secondary N) is 1. The number of amides is 3. The lowest BCUT2D eigenvalue weighted by Crippen LogP contribution is -2.48. The normalized spacial score (nSPS) is 22.7. The summed E-state index contributed by atoms with van der Waals surface area (Å²) < 4.78 is 5.97. The molecule has 6 heteroatoms. The zero-order valence-corrected chi connectivity index (χ0v) is 17.3. The first kappa shape index (κ1) is 20.0. The van der Waals surface area contributed by atoms with E-state index in [4.69, 9.17) is 4.74 Å². The average Bonchev–Trinajstić information content (AvgIpc) is 3.45. The van der Waals surface area contributed by atoms with Crippen LogP contribution in [-0.4, -0.2) is 60.1 Å². The predicted octanol–water partition coefficient (Wildman–Crippen LogP) is 3.81. The Morgan fingerprint density at radius 3 is 2.34 bits per heavy atom. The van der Waals surface area contributed by atoms with Gasteiger partial charge in [-0.3, -0.25) is 4.79 Å². The highest BCUT2D eigenvalue weighted by Gasteiger charge is 2.30. The number of hydrogen-bond acceptors (Lipinski definition) is 3. The SMILES string of the molecule is O=C(c1ccc(OCC2CCCN2C(=O)NC2CCCCC2)cc1)N1CCCC1. The Hall–Kier alpha value is -2.24. The van der Waals surface area contributed by atoms with Crippen LogP contribution in [0.3, 0.4) is 0 Å². The molecule has 1 atom stereocenters. The molecule has 4 rings (SSSR count). The number of carbonyl (C=O) groups is 2. The number of likely N-dealkylation sites (tertiary alicyclic amines) is 2. The predicted molar refractivity (Wildman–Crippen MR) is 112 cm³/mol. The van der Waals surface area contributed by atoms with Gasteiger partial charge in [-0.15, -0.1) is 0 Å². The number of ether oxygens (including phenoxy) is 1. The van der Waals surface area contributed by atoms with Crippen LogP contribution < -0.4 is 10.1 Å². The fourth-order valence-corrected chi connectivity index (χ4v) is 4.77. The van der Waals surface area contributed by atoms with Gasteiger partial charge in [0.1, 0.15) is 12.4 Å². The summed E-state index contributed by atoms with van der Waals surface area (Å²) in [6.45, 7) is 3.02. The second-order valence-corrected chi connectivity index (χ2v) is 8.61. The molecule has 158 valence electrons. The van der Waals surface area contributed by atoms with Crippen LogP contribution in [0.25, 0.3) is 0 Å². The maximum absolute atomic E-state index is 12.7.